The summed E-state index contributed by atoms with van der Waals surface area (Å²) >= 11 is 0. The molecule has 0 saturated heterocycles. The van der Waals surface area contributed by atoms with Crippen molar-refractivity contribution in [2.45, 2.75) is 0 Å². The molecule has 6 heteroatoms. The zero-order chi connectivity index (χ0) is 11.1. The van der Waals surface area contributed by atoms with E-state index in [0.29, 0.717) is 11.0 Å². The van der Waals surface area contributed by atoms with Gasteiger partial charge in [0.05, 0.1) is 18.2 Å². The Labute approximate surface area is 87.6 Å². The third kappa shape index (κ3) is 3.69. The number of hydrogen-bond acceptors (Lipinski definition) is 5. The van der Waals surface area contributed by atoms with Gasteiger partial charge in [-0.3, -0.25) is 4.81 Å². The van der Waals surface area contributed by atoms with Crippen LogP contribution in [0.5, 0.6) is 0 Å². The lowest BCUT2D eigenvalue weighted by atomic mass is 9.80. The van der Waals surface area contributed by atoms with E-state index in [-0.39, 0.29) is 13.2 Å². The average Bonchev–Trinajstić information content (AvgIpc) is 2.29. The molecule has 0 fully saturated rings. The van der Waals surface area contributed by atoms with Gasteiger partial charge in [-0.25, -0.2) is 4.89 Å². The summed E-state index contributed by atoms with van der Waals surface area (Å²) in [4.78, 5) is 9.05. The Hall–Kier alpha value is -1.39. The van der Waals surface area contributed by atoms with Crippen LogP contribution in [0, 0.1) is 11.3 Å². The Kier molecular flexibility index (Phi) is 4.80. The first-order valence-corrected chi connectivity index (χ1v) is 4.35. The Morgan fingerprint density at radius 2 is 2.00 bits per heavy atom. The predicted octanol–water partition coefficient (Wildman–Crippen LogP) is -0.814. The number of aliphatic hydroxyl groups is 1. The van der Waals surface area contributed by atoms with Gasteiger partial charge in [0.25, 0.3) is 0 Å². The molecule has 0 spiro atoms. The number of nitriles is 1. The van der Waals surface area contributed by atoms with E-state index in [0.717, 1.165) is 0 Å². The van der Waals surface area contributed by atoms with Crippen LogP contribution in [0.2, 0.25) is 0 Å². The Balaban J connectivity index is 2.51. The predicted molar refractivity (Wildman–Crippen MR) is 52.9 cm³/mol. The molecule has 0 unspecified atom stereocenters. The van der Waals surface area contributed by atoms with Crippen LogP contribution in [0.1, 0.15) is 5.56 Å². The highest BCUT2D eigenvalue weighted by atomic mass is 17.2. The van der Waals surface area contributed by atoms with Gasteiger partial charge in [-0.2, -0.15) is 5.26 Å². The number of hydrogen-bond donors (Lipinski definition) is 2. The van der Waals surface area contributed by atoms with Gasteiger partial charge in [0.2, 0.25) is 0 Å². The molecule has 78 valence electrons. The fourth-order valence-corrected chi connectivity index (χ4v) is 0.928. The molecular formula is C9H10BNO4. The van der Waals surface area contributed by atoms with Crippen molar-refractivity contribution in [1.29, 1.82) is 5.26 Å². The maximum absolute atomic E-state index is 9.40. The molecule has 0 aliphatic carbocycles. The molecule has 0 aromatic heterocycles. The molecule has 1 aromatic rings. The molecule has 0 atom stereocenters. The van der Waals surface area contributed by atoms with Crippen molar-refractivity contribution in [3.63, 3.8) is 0 Å². The van der Waals surface area contributed by atoms with Gasteiger partial charge in [-0.1, -0.05) is 12.1 Å². The van der Waals surface area contributed by atoms with Gasteiger partial charge < -0.3 is 10.1 Å². The monoisotopic (exact) mass is 207 g/mol. The second-order valence-corrected chi connectivity index (χ2v) is 2.73. The number of nitrogens with zero attached hydrogens (tertiary/aromatic N) is 1. The van der Waals surface area contributed by atoms with Crippen LogP contribution in [-0.2, 0) is 9.69 Å². The average molecular weight is 207 g/mol. The molecule has 0 saturated carbocycles. The maximum atomic E-state index is 9.40. The molecule has 15 heavy (non-hydrogen) atoms. The normalized spacial score (nSPS) is 9.67. The van der Waals surface area contributed by atoms with E-state index >= 15 is 0 Å². The first-order valence-electron chi connectivity index (χ1n) is 4.35. The summed E-state index contributed by atoms with van der Waals surface area (Å²) in [6.07, 6.45) is 0. The highest BCUT2D eigenvalue weighted by Gasteiger charge is 2.17. The first-order chi connectivity index (χ1) is 7.27. The van der Waals surface area contributed by atoms with Crippen LogP contribution in [0.15, 0.2) is 24.3 Å². The van der Waals surface area contributed by atoms with Crippen molar-refractivity contribution < 1.29 is 19.8 Å². The smallest absolute Gasteiger partial charge is 0.422 e. The molecule has 0 amide bonds. The van der Waals surface area contributed by atoms with Gasteiger partial charge in [-0.15, -0.1) is 0 Å². The van der Waals surface area contributed by atoms with Gasteiger partial charge in [0.15, 0.2) is 0 Å². The molecule has 0 aliphatic heterocycles. The molecule has 1 aromatic carbocycles. The number of benzene rings is 1. The first kappa shape index (κ1) is 11.7. The van der Waals surface area contributed by atoms with Crippen molar-refractivity contribution in [3.05, 3.63) is 29.8 Å². The highest BCUT2D eigenvalue weighted by Crippen LogP contribution is 1.95. The Bertz CT molecular complexity index is 335. The van der Waals surface area contributed by atoms with Crippen molar-refractivity contribution in [1.82, 2.24) is 0 Å². The lowest BCUT2D eigenvalue weighted by Crippen LogP contribution is -2.33. The highest BCUT2D eigenvalue weighted by molar-refractivity contribution is 6.59. The zero-order valence-electron chi connectivity index (χ0n) is 7.96. The topological polar surface area (TPSA) is 82.7 Å². The van der Waals surface area contributed by atoms with Gasteiger partial charge in [0.1, 0.15) is 6.61 Å². The van der Waals surface area contributed by atoms with Crippen molar-refractivity contribution in [2.75, 3.05) is 13.2 Å². The van der Waals surface area contributed by atoms with Gasteiger partial charge >= 0.3 is 7.12 Å². The van der Waals surface area contributed by atoms with Crippen LogP contribution in [0.25, 0.3) is 0 Å². The quantitative estimate of drug-likeness (QED) is 0.285. The van der Waals surface area contributed by atoms with E-state index < -0.39 is 7.12 Å². The minimum Gasteiger partial charge on any atom is -0.422 e. The number of rotatable bonds is 5. The van der Waals surface area contributed by atoms with E-state index in [2.05, 4.69) is 9.69 Å². The van der Waals surface area contributed by atoms with Crippen LogP contribution >= 0.6 is 0 Å². The fourth-order valence-electron chi connectivity index (χ4n) is 0.928. The SMILES string of the molecule is N#Cc1ccc(B(O)OOCCO)cc1. The fraction of sp³-hybridized carbons (Fsp3) is 0.222. The number of aliphatic hydroxyl groups excluding tert-OH is 1. The Morgan fingerprint density at radius 3 is 2.53 bits per heavy atom. The van der Waals surface area contributed by atoms with E-state index in [1.165, 1.54) is 0 Å². The summed E-state index contributed by atoms with van der Waals surface area (Å²) in [6.45, 7) is -0.187. The van der Waals surface area contributed by atoms with Gasteiger partial charge in [0, 0.05) is 0 Å². The standard InChI is InChI=1S/C9H10BNO4/c11-7-8-1-3-9(4-2-8)10(13)15-14-6-5-12/h1-4,12-13H,5-6H2. The van der Waals surface area contributed by atoms with Crippen LogP contribution in [-0.4, -0.2) is 30.5 Å². The second-order valence-electron chi connectivity index (χ2n) is 2.73. The van der Waals surface area contributed by atoms with Gasteiger partial charge in [-0.05, 0) is 17.6 Å². The summed E-state index contributed by atoms with van der Waals surface area (Å²) < 4.78 is 0. The summed E-state index contributed by atoms with van der Waals surface area (Å²) in [5, 5.41) is 26.3. The van der Waals surface area contributed by atoms with Crippen molar-refractivity contribution >= 4 is 12.6 Å². The van der Waals surface area contributed by atoms with Crippen molar-refractivity contribution in [2.24, 2.45) is 0 Å². The summed E-state index contributed by atoms with van der Waals surface area (Å²) in [6, 6.07) is 8.21. The van der Waals surface area contributed by atoms with E-state index in [1.54, 1.807) is 24.3 Å². The molecule has 0 bridgehead atoms. The van der Waals surface area contributed by atoms with Crippen LogP contribution in [0.3, 0.4) is 0 Å². The minimum absolute atomic E-state index is 0.00661. The third-order valence-corrected chi connectivity index (χ3v) is 1.66. The lowest BCUT2D eigenvalue weighted by Gasteiger charge is -2.06. The second kappa shape index (κ2) is 6.16. The van der Waals surface area contributed by atoms with Crippen molar-refractivity contribution in [3.8, 4) is 6.07 Å². The molecule has 2 N–H and O–H groups in total. The maximum Gasteiger partial charge on any atom is 0.523 e. The largest absolute Gasteiger partial charge is 0.523 e. The lowest BCUT2D eigenvalue weighted by molar-refractivity contribution is -0.225. The summed E-state index contributed by atoms with van der Waals surface area (Å²) in [5.41, 5.74) is 0.981. The molecule has 5 nitrogen and oxygen atoms in total. The summed E-state index contributed by atoms with van der Waals surface area (Å²) in [5.74, 6) is 0. The molecule has 1 rings (SSSR count). The van der Waals surface area contributed by atoms with Crippen LogP contribution < -0.4 is 5.46 Å². The summed E-state index contributed by atoms with van der Waals surface area (Å²) in [7, 11) is -1.22. The van der Waals surface area contributed by atoms with E-state index in [9.17, 15) is 5.02 Å². The molecule has 0 aliphatic rings. The molecular weight excluding hydrogens is 197 g/mol. The minimum atomic E-state index is -1.22. The van der Waals surface area contributed by atoms with Crippen LogP contribution in [0.4, 0.5) is 0 Å². The molecule has 0 heterocycles. The Morgan fingerprint density at radius 1 is 1.33 bits per heavy atom. The van der Waals surface area contributed by atoms with E-state index in [4.69, 9.17) is 10.4 Å². The third-order valence-electron chi connectivity index (χ3n) is 1.66. The molecule has 0 radical (unpaired) electrons. The van der Waals surface area contributed by atoms with E-state index in [1.807, 2.05) is 6.07 Å². The zero-order valence-corrected chi connectivity index (χ0v) is 7.96.